The summed E-state index contributed by atoms with van der Waals surface area (Å²) in [5.41, 5.74) is -0.119. The van der Waals surface area contributed by atoms with E-state index >= 15 is 0 Å². The van der Waals surface area contributed by atoms with Gasteiger partial charge >= 0.3 is 0 Å². The van der Waals surface area contributed by atoms with E-state index < -0.39 is 22.8 Å². The van der Waals surface area contributed by atoms with Gasteiger partial charge in [-0.2, -0.15) is 0 Å². The summed E-state index contributed by atoms with van der Waals surface area (Å²) >= 11 is 11.7. The first kappa shape index (κ1) is 13.2. The average Bonchev–Trinajstić information content (AvgIpc) is 2.34. The van der Waals surface area contributed by atoms with Crippen molar-refractivity contribution in [2.45, 2.75) is 5.38 Å². The van der Waals surface area contributed by atoms with Crippen LogP contribution in [0.2, 0.25) is 5.02 Å². The van der Waals surface area contributed by atoms with Crippen molar-refractivity contribution in [1.82, 2.24) is 0 Å². The van der Waals surface area contributed by atoms with E-state index in [9.17, 15) is 13.2 Å². The molecule has 0 saturated heterocycles. The molecule has 0 fully saturated rings. The topological polar surface area (TPSA) is 0 Å². The molecule has 0 saturated carbocycles. The number of rotatable bonds is 2. The minimum absolute atomic E-state index is 0.00802. The summed E-state index contributed by atoms with van der Waals surface area (Å²) in [4.78, 5) is 0. The van der Waals surface area contributed by atoms with E-state index in [0.29, 0.717) is 0 Å². The van der Waals surface area contributed by atoms with E-state index in [-0.39, 0.29) is 16.1 Å². The van der Waals surface area contributed by atoms with Crippen molar-refractivity contribution in [3.63, 3.8) is 0 Å². The molecule has 0 amide bonds. The molecular formula is C13H7Cl2F3. The average molecular weight is 291 g/mol. The number of alkyl halides is 1. The van der Waals surface area contributed by atoms with Crippen molar-refractivity contribution in [1.29, 1.82) is 0 Å². The van der Waals surface area contributed by atoms with Gasteiger partial charge in [-0.15, -0.1) is 11.6 Å². The number of halogens is 5. The van der Waals surface area contributed by atoms with Gasteiger partial charge in [-0.3, -0.25) is 0 Å². The summed E-state index contributed by atoms with van der Waals surface area (Å²) < 4.78 is 40.2. The molecule has 0 aliphatic heterocycles. The maximum Gasteiger partial charge on any atom is 0.128 e. The highest BCUT2D eigenvalue weighted by atomic mass is 35.5. The van der Waals surface area contributed by atoms with Gasteiger partial charge in [0.25, 0.3) is 0 Å². The zero-order valence-electron chi connectivity index (χ0n) is 8.93. The molecule has 2 aromatic rings. The Labute approximate surface area is 112 Å². The maximum atomic E-state index is 13.6. The van der Waals surface area contributed by atoms with Gasteiger partial charge in [0.1, 0.15) is 17.5 Å². The lowest BCUT2D eigenvalue weighted by molar-refractivity contribution is 0.580. The normalized spacial score (nSPS) is 12.5. The molecule has 18 heavy (non-hydrogen) atoms. The van der Waals surface area contributed by atoms with Crippen LogP contribution in [0.3, 0.4) is 0 Å². The van der Waals surface area contributed by atoms with Gasteiger partial charge in [0.15, 0.2) is 0 Å². The van der Waals surface area contributed by atoms with Crippen molar-refractivity contribution in [3.8, 4) is 0 Å². The number of benzene rings is 2. The first-order valence-corrected chi connectivity index (χ1v) is 5.84. The SMILES string of the molecule is Fc1ccc(F)c(C(Cl)c2cc(Cl)ccc2F)c1. The van der Waals surface area contributed by atoms with Crippen LogP contribution in [0.4, 0.5) is 13.2 Å². The molecule has 0 aliphatic carbocycles. The van der Waals surface area contributed by atoms with Crippen molar-refractivity contribution in [3.05, 3.63) is 70.0 Å². The van der Waals surface area contributed by atoms with E-state index in [2.05, 4.69) is 0 Å². The van der Waals surface area contributed by atoms with Gasteiger partial charge in [-0.1, -0.05) is 11.6 Å². The van der Waals surface area contributed by atoms with Gasteiger partial charge in [-0.25, -0.2) is 13.2 Å². The molecule has 0 N–H and O–H groups in total. The molecule has 0 spiro atoms. The highest BCUT2D eigenvalue weighted by Crippen LogP contribution is 2.33. The van der Waals surface area contributed by atoms with Crippen molar-refractivity contribution < 1.29 is 13.2 Å². The Morgan fingerprint density at radius 1 is 0.833 bits per heavy atom. The van der Waals surface area contributed by atoms with Crippen LogP contribution in [0.1, 0.15) is 16.5 Å². The van der Waals surface area contributed by atoms with Crippen molar-refractivity contribution in [2.75, 3.05) is 0 Å². The second-order valence-electron chi connectivity index (χ2n) is 3.69. The Bertz CT molecular complexity index is 533. The molecule has 0 bridgehead atoms. The fourth-order valence-electron chi connectivity index (χ4n) is 1.59. The highest BCUT2D eigenvalue weighted by molar-refractivity contribution is 6.30. The molecule has 1 unspecified atom stereocenters. The van der Waals surface area contributed by atoms with Crippen LogP contribution in [0.25, 0.3) is 0 Å². The first-order chi connectivity index (χ1) is 8.49. The standard InChI is InChI=1S/C13H7Cl2F3/c14-7-1-3-11(17)9(5-7)13(15)10-6-8(16)2-4-12(10)18/h1-6,13H. The van der Waals surface area contributed by atoms with E-state index in [0.717, 1.165) is 24.3 Å². The molecule has 0 nitrogen and oxygen atoms in total. The van der Waals surface area contributed by atoms with Crippen LogP contribution >= 0.6 is 23.2 Å². The molecule has 0 radical (unpaired) electrons. The molecule has 2 aromatic carbocycles. The predicted molar refractivity (Wildman–Crippen MR) is 65.5 cm³/mol. The molecule has 2 rings (SSSR count). The molecule has 0 aliphatic rings. The minimum Gasteiger partial charge on any atom is -0.207 e. The third kappa shape index (κ3) is 2.62. The lowest BCUT2D eigenvalue weighted by atomic mass is 10.0. The zero-order chi connectivity index (χ0) is 13.3. The smallest absolute Gasteiger partial charge is 0.128 e. The van der Waals surface area contributed by atoms with Crippen LogP contribution in [0, 0.1) is 17.5 Å². The Kier molecular flexibility index (Phi) is 3.83. The summed E-state index contributed by atoms with van der Waals surface area (Å²) in [6, 6.07) is 6.63. The third-order valence-corrected chi connectivity index (χ3v) is 3.17. The van der Waals surface area contributed by atoms with Crippen LogP contribution in [0.15, 0.2) is 36.4 Å². The van der Waals surface area contributed by atoms with Gasteiger partial charge < -0.3 is 0 Å². The van der Waals surface area contributed by atoms with Crippen LogP contribution in [-0.2, 0) is 0 Å². The van der Waals surface area contributed by atoms with Crippen molar-refractivity contribution >= 4 is 23.2 Å². The summed E-state index contributed by atoms with van der Waals surface area (Å²) in [7, 11) is 0. The largest absolute Gasteiger partial charge is 0.207 e. The molecule has 94 valence electrons. The Morgan fingerprint density at radius 2 is 1.39 bits per heavy atom. The Balaban J connectivity index is 2.50. The Hall–Kier alpha value is -1.19. The predicted octanol–water partition coefficient (Wildman–Crippen LogP) is 5.09. The monoisotopic (exact) mass is 290 g/mol. The van der Waals surface area contributed by atoms with Gasteiger partial charge in [0.2, 0.25) is 0 Å². The van der Waals surface area contributed by atoms with Crippen LogP contribution in [-0.4, -0.2) is 0 Å². The third-order valence-electron chi connectivity index (χ3n) is 2.46. The van der Waals surface area contributed by atoms with E-state index in [1.807, 2.05) is 0 Å². The van der Waals surface area contributed by atoms with E-state index in [4.69, 9.17) is 23.2 Å². The number of hydrogen-bond acceptors (Lipinski definition) is 0. The summed E-state index contributed by atoms with van der Waals surface area (Å²) in [5, 5.41) is -0.867. The lowest BCUT2D eigenvalue weighted by Gasteiger charge is -2.12. The quantitative estimate of drug-likeness (QED) is 0.676. The van der Waals surface area contributed by atoms with Crippen LogP contribution < -0.4 is 0 Å². The lowest BCUT2D eigenvalue weighted by Crippen LogP contribution is -2.00. The van der Waals surface area contributed by atoms with Crippen molar-refractivity contribution in [2.24, 2.45) is 0 Å². The minimum atomic E-state index is -1.14. The fraction of sp³-hybridized carbons (Fsp3) is 0.0769. The molecular weight excluding hydrogens is 284 g/mol. The van der Waals surface area contributed by atoms with E-state index in [1.54, 1.807) is 0 Å². The maximum absolute atomic E-state index is 13.6. The fourth-order valence-corrected chi connectivity index (χ4v) is 2.10. The van der Waals surface area contributed by atoms with Gasteiger partial charge in [0, 0.05) is 16.1 Å². The highest BCUT2D eigenvalue weighted by Gasteiger charge is 2.19. The molecule has 0 heterocycles. The van der Waals surface area contributed by atoms with Gasteiger partial charge in [0.05, 0.1) is 5.38 Å². The Morgan fingerprint density at radius 3 is 2.06 bits per heavy atom. The van der Waals surface area contributed by atoms with Crippen LogP contribution in [0.5, 0.6) is 0 Å². The van der Waals surface area contributed by atoms with Gasteiger partial charge in [-0.05, 0) is 36.4 Å². The first-order valence-electron chi connectivity index (χ1n) is 5.03. The van der Waals surface area contributed by atoms with E-state index in [1.165, 1.54) is 12.1 Å². The summed E-state index contributed by atoms with van der Waals surface area (Å²) in [6.07, 6.45) is 0. The summed E-state index contributed by atoms with van der Waals surface area (Å²) in [6.45, 7) is 0. The second-order valence-corrected chi connectivity index (χ2v) is 4.57. The zero-order valence-corrected chi connectivity index (χ0v) is 10.4. The second kappa shape index (κ2) is 5.21. The number of hydrogen-bond donors (Lipinski definition) is 0. The summed E-state index contributed by atoms with van der Waals surface area (Å²) in [5.74, 6) is -1.96. The molecule has 5 heteroatoms. The molecule has 0 aromatic heterocycles. The molecule has 1 atom stereocenters.